The topological polar surface area (TPSA) is 73.6 Å². The van der Waals surface area contributed by atoms with Gasteiger partial charge in [-0.2, -0.15) is 0 Å². The second kappa shape index (κ2) is 6.70. The van der Waals surface area contributed by atoms with Gasteiger partial charge in [0.15, 0.2) is 18.2 Å². The summed E-state index contributed by atoms with van der Waals surface area (Å²) >= 11 is 0. The molecule has 94 valence electrons. The largest absolute Gasteiger partial charge is 0.481 e. The van der Waals surface area contributed by atoms with Crippen molar-refractivity contribution >= 4 is 11.6 Å². The molecule has 0 aliphatic carbocycles. The first-order valence-electron chi connectivity index (χ1n) is 5.07. The van der Waals surface area contributed by atoms with Crippen molar-refractivity contribution in [3.8, 4) is 5.75 Å². The van der Waals surface area contributed by atoms with Gasteiger partial charge in [0.05, 0.1) is 6.61 Å². The smallest absolute Gasteiger partial charge is 0.258 e. The minimum absolute atomic E-state index is 0.00101. The third kappa shape index (κ3) is 4.69. The summed E-state index contributed by atoms with van der Waals surface area (Å²) in [5, 5.41) is 2.55. The van der Waals surface area contributed by atoms with Gasteiger partial charge in [0.1, 0.15) is 0 Å². The van der Waals surface area contributed by atoms with E-state index >= 15 is 0 Å². The summed E-state index contributed by atoms with van der Waals surface area (Å²) in [6.45, 7) is 0.565. The van der Waals surface area contributed by atoms with Crippen LogP contribution in [0.15, 0.2) is 18.2 Å². The van der Waals surface area contributed by atoms with E-state index in [0.29, 0.717) is 18.8 Å². The second-order valence-electron chi connectivity index (χ2n) is 3.32. The first-order chi connectivity index (χ1) is 8.13. The number of carbonyl (C=O) groups excluding carboxylic acids is 1. The lowest BCUT2D eigenvalue weighted by molar-refractivity contribution is -0.123. The molecule has 1 amide bonds. The molecular weight excluding hydrogens is 227 g/mol. The fourth-order valence-electron chi connectivity index (χ4n) is 1.12. The fraction of sp³-hybridized carbons (Fsp3) is 0.364. The van der Waals surface area contributed by atoms with Gasteiger partial charge in [-0.25, -0.2) is 4.39 Å². The number of nitrogen functional groups attached to an aromatic ring is 1. The van der Waals surface area contributed by atoms with Gasteiger partial charge in [-0.05, 0) is 12.1 Å². The normalized spacial score (nSPS) is 10.0. The summed E-state index contributed by atoms with van der Waals surface area (Å²) < 4.78 is 23.0. The third-order valence-electron chi connectivity index (χ3n) is 1.94. The maximum atomic E-state index is 13.3. The summed E-state index contributed by atoms with van der Waals surface area (Å²) in [6, 6.07) is 4.02. The van der Waals surface area contributed by atoms with Crippen LogP contribution in [-0.2, 0) is 9.53 Å². The maximum absolute atomic E-state index is 13.3. The molecule has 0 saturated carbocycles. The lowest BCUT2D eigenvalue weighted by atomic mass is 10.3. The van der Waals surface area contributed by atoms with Crippen LogP contribution in [0.2, 0.25) is 0 Å². The standard InChI is InChI=1S/C11H15FN2O3/c1-16-5-4-14-11(15)7-17-10-3-2-8(13)6-9(10)12/h2-3,6H,4-5,7,13H2,1H3,(H,14,15). The quantitative estimate of drug-likeness (QED) is 0.564. The van der Waals surface area contributed by atoms with Crippen LogP contribution >= 0.6 is 0 Å². The van der Waals surface area contributed by atoms with Crippen LogP contribution in [0, 0.1) is 5.82 Å². The molecule has 3 N–H and O–H groups in total. The van der Waals surface area contributed by atoms with Gasteiger partial charge < -0.3 is 20.5 Å². The molecule has 0 spiro atoms. The highest BCUT2D eigenvalue weighted by atomic mass is 19.1. The summed E-state index contributed by atoms with van der Waals surface area (Å²) in [5.41, 5.74) is 5.68. The van der Waals surface area contributed by atoms with E-state index in [-0.39, 0.29) is 18.3 Å². The maximum Gasteiger partial charge on any atom is 0.258 e. The number of hydrogen-bond acceptors (Lipinski definition) is 4. The molecule has 1 aromatic carbocycles. The lowest BCUT2D eigenvalue weighted by Crippen LogP contribution is -2.31. The minimum Gasteiger partial charge on any atom is -0.481 e. The highest BCUT2D eigenvalue weighted by Gasteiger charge is 2.06. The molecule has 0 aliphatic rings. The molecule has 1 aromatic rings. The Labute approximate surface area is 98.7 Å². The number of amides is 1. The number of nitrogens with one attached hydrogen (secondary N) is 1. The third-order valence-corrected chi connectivity index (χ3v) is 1.94. The van der Waals surface area contributed by atoms with Gasteiger partial charge in [-0.15, -0.1) is 0 Å². The van der Waals surface area contributed by atoms with E-state index in [9.17, 15) is 9.18 Å². The Morgan fingerprint density at radius 2 is 2.29 bits per heavy atom. The minimum atomic E-state index is -0.588. The highest BCUT2D eigenvalue weighted by Crippen LogP contribution is 2.18. The molecule has 0 aliphatic heterocycles. The van der Waals surface area contributed by atoms with Crippen LogP contribution in [0.3, 0.4) is 0 Å². The Bertz CT molecular complexity index is 385. The number of nitrogens with two attached hydrogens (primary N) is 1. The van der Waals surface area contributed by atoms with Gasteiger partial charge in [-0.1, -0.05) is 0 Å². The molecule has 0 bridgehead atoms. The predicted molar refractivity (Wildman–Crippen MR) is 61.2 cm³/mol. The van der Waals surface area contributed by atoms with Crippen molar-refractivity contribution in [1.29, 1.82) is 0 Å². The summed E-state index contributed by atoms with van der Waals surface area (Å²) in [7, 11) is 1.53. The van der Waals surface area contributed by atoms with Crippen LogP contribution in [-0.4, -0.2) is 32.8 Å². The van der Waals surface area contributed by atoms with Gasteiger partial charge in [0.25, 0.3) is 5.91 Å². The van der Waals surface area contributed by atoms with Crippen molar-refractivity contribution in [2.75, 3.05) is 32.6 Å². The Hall–Kier alpha value is -1.82. The molecule has 0 radical (unpaired) electrons. The molecule has 0 fully saturated rings. The predicted octanol–water partition coefficient (Wildman–Crippen LogP) is 0.549. The highest BCUT2D eigenvalue weighted by molar-refractivity contribution is 5.77. The van der Waals surface area contributed by atoms with Crippen molar-refractivity contribution in [1.82, 2.24) is 5.32 Å². The van der Waals surface area contributed by atoms with Gasteiger partial charge >= 0.3 is 0 Å². The van der Waals surface area contributed by atoms with E-state index in [0.717, 1.165) is 6.07 Å². The molecule has 0 heterocycles. The Morgan fingerprint density at radius 3 is 2.94 bits per heavy atom. The average Bonchev–Trinajstić information content (AvgIpc) is 2.28. The van der Waals surface area contributed by atoms with Gasteiger partial charge in [-0.3, -0.25) is 4.79 Å². The van der Waals surface area contributed by atoms with Crippen molar-refractivity contribution in [3.63, 3.8) is 0 Å². The Balaban J connectivity index is 2.37. The number of rotatable bonds is 6. The summed E-state index contributed by atoms with van der Waals surface area (Å²) in [4.78, 5) is 11.2. The van der Waals surface area contributed by atoms with E-state index in [1.807, 2.05) is 0 Å². The zero-order valence-corrected chi connectivity index (χ0v) is 9.53. The average molecular weight is 242 g/mol. The number of halogens is 1. The van der Waals surface area contributed by atoms with Crippen molar-refractivity contribution < 1.29 is 18.7 Å². The van der Waals surface area contributed by atoms with Gasteiger partial charge in [0, 0.05) is 25.4 Å². The number of benzene rings is 1. The van der Waals surface area contributed by atoms with Crippen molar-refractivity contribution in [2.45, 2.75) is 0 Å². The van der Waals surface area contributed by atoms with Crippen LogP contribution in [0.25, 0.3) is 0 Å². The zero-order valence-electron chi connectivity index (χ0n) is 9.53. The molecule has 0 saturated heterocycles. The number of methoxy groups -OCH3 is 1. The van der Waals surface area contributed by atoms with E-state index in [2.05, 4.69) is 5.32 Å². The molecule has 17 heavy (non-hydrogen) atoms. The molecule has 0 atom stereocenters. The van der Waals surface area contributed by atoms with E-state index < -0.39 is 5.82 Å². The summed E-state index contributed by atoms with van der Waals surface area (Å²) in [6.07, 6.45) is 0. The zero-order chi connectivity index (χ0) is 12.7. The number of carbonyl (C=O) groups is 1. The SMILES string of the molecule is COCCNC(=O)COc1ccc(N)cc1F. The van der Waals surface area contributed by atoms with Crippen molar-refractivity contribution in [3.05, 3.63) is 24.0 Å². The van der Waals surface area contributed by atoms with E-state index in [4.69, 9.17) is 15.2 Å². The van der Waals surface area contributed by atoms with Crippen LogP contribution < -0.4 is 15.8 Å². The van der Waals surface area contributed by atoms with E-state index in [1.54, 1.807) is 0 Å². The lowest BCUT2D eigenvalue weighted by Gasteiger charge is -2.08. The van der Waals surface area contributed by atoms with Crippen LogP contribution in [0.1, 0.15) is 0 Å². The van der Waals surface area contributed by atoms with Crippen LogP contribution in [0.4, 0.5) is 10.1 Å². The summed E-state index contributed by atoms with van der Waals surface area (Å²) in [5.74, 6) is -0.922. The van der Waals surface area contributed by atoms with Crippen molar-refractivity contribution in [2.24, 2.45) is 0 Å². The van der Waals surface area contributed by atoms with E-state index in [1.165, 1.54) is 19.2 Å². The Kier molecular flexibility index (Phi) is 5.22. The van der Waals surface area contributed by atoms with Crippen LogP contribution in [0.5, 0.6) is 5.75 Å². The Morgan fingerprint density at radius 1 is 1.53 bits per heavy atom. The first kappa shape index (κ1) is 13.2. The number of hydrogen-bond donors (Lipinski definition) is 2. The first-order valence-corrected chi connectivity index (χ1v) is 5.07. The molecule has 0 aromatic heterocycles. The van der Waals surface area contributed by atoms with Gasteiger partial charge in [0.2, 0.25) is 0 Å². The monoisotopic (exact) mass is 242 g/mol. The second-order valence-corrected chi connectivity index (χ2v) is 3.32. The molecule has 1 rings (SSSR count). The number of anilines is 1. The molecule has 6 heteroatoms. The number of ether oxygens (including phenoxy) is 2. The molecular formula is C11H15FN2O3. The molecule has 5 nitrogen and oxygen atoms in total. The molecule has 0 unspecified atom stereocenters. The fourth-order valence-corrected chi connectivity index (χ4v) is 1.12.